The summed E-state index contributed by atoms with van der Waals surface area (Å²) in [4.78, 5) is 35.1. The molecule has 0 atom stereocenters. The SMILES string of the molecule is O=C(CNc1ccccc1C(=O)Nc1ccc(Cl)cc1)Nc1cccc([N+](=O)[O-])c1. The minimum Gasteiger partial charge on any atom is -0.376 e. The Hall–Kier alpha value is -3.91. The molecule has 0 unspecified atom stereocenters. The molecule has 0 saturated carbocycles. The van der Waals surface area contributed by atoms with Crippen molar-refractivity contribution < 1.29 is 14.5 Å². The first-order chi connectivity index (χ1) is 14.4. The molecule has 0 bridgehead atoms. The number of nitro groups is 1. The standard InChI is InChI=1S/C21H17ClN4O4/c22-14-8-10-15(11-9-14)25-21(28)18-6-1-2-7-19(18)23-13-20(27)24-16-4-3-5-17(12-16)26(29)30/h1-12,23H,13H2,(H,24,27)(H,25,28). The number of hydrogen-bond acceptors (Lipinski definition) is 5. The number of carbonyl (C=O) groups is 2. The molecule has 2 amide bonds. The third kappa shape index (κ3) is 5.55. The third-order valence-corrected chi connectivity index (χ3v) is 4.31. The van der Waals surface area contributed by atoms with Crippen LogP contribution in [-0.4, -0.2) is 23.3 Å². The molecule has 0 saturated heterocycles. The van der Waals surface area contributed by atoms with Crippen LogP contribution in [0.2, 0.25) is 5.02 Å². The first-order valence-corrected chi connectivity index (χ1v) is 9.24. The van der Waals surface area contributed by atoms with Crippen LogP contribution in [0.25, 0.3) is 0 Å². The van der Waals surface area contributed by atoms with Crippen LogP contribution >= 0.6 is 11.6 Å². The Kier molecular flexibility index (Phi) is 6.61. The molecule has 0 aromatic heterocycles. The predicted octanol–water partition coefficient (Wildman–Crippen LogP) is 4.55. The summed E-state index contributed by atoms with van der Waals surface area (Å²) in [5.41, 5.74) is 1.60. The van der Waals surface area contributed by atoms with Gasteiger partial charge < -0.3 is 16.0 Å². The van der Waals surface area contributed by atoms with Gasteiger partial charge in [0.1, 0.15) is 0 Å². The number of carbonyl (C=O) groups excluding carboxylic acids is 2. The van der Waals surface area contributed by atoms with E-state index in [4.69, 9.17) is 11.6 Å². The van der Waals surface area contributed by atoms with Gasteiger partial charge in [-0.15, -0.1) is 0 Å². The second-order valence-corrected chi connectivity index (χ2v) is 6.65. The van der Waals surface area contributed by atoms with Crippen LogP contribution < -0.4 is 16.0 Å². The molecule has 30 heavy (non-hydrogen) atoms. The summed E-state index contributed by atoms with van der Waals surface area (Å²) in [6, 6.07) is 19.1. The molecule has 0 heterocycles. The maximum Gasteiger partial charge on any atom is 0.271 e. The van der Waals surface area contributed by atoms with Crippen molar-refractivity contribution in [1.29, 1.82) is 0 Å². The van der Waals surface area contributed by atoms with Gasteiger partial charge in [0.05, 0.1) is 17.0 Å². The molecule has 0 aliphatic heterocycles. The van der Waals surface area contributed by atoms with Gasteiger partial charge in [-0.1, -0.05) is 29.8 Å². The van der Waals surface area contributed by atoms with Gasteiger partial charge in [0.2, 0.25) is 5.91 Å². The van der Waals surface area contributed by atoms with Crippen molar-refractivity contribution >= 4 is 46.2 Å². The summed E-state index contributed by atoms with van der Waals surface area (Å²) in [5.74, 6) is -0.761. The summed E-state index contributed by atoms with van der Waals surface area (Å²) in [5, 5.41) is 19.7. The smallest absolute Gasteiger partial charge is 0.271 e. The second-order valence-electron chi connectivity index (χ2n) is 6.22. The minimum absolute atomic E-state index is 0.120. The van der Waals surface area contributed by atoms with Gasteiger partial charge in [-0.25, -0.2) is 0 Å². The van der Waals surface area contributed by atoms with Crippen molar-refractivity contribution in [1.82, 2.24) is 0 Å². The minimum atomic E-state index is -0.538. The van der Waals surface area contributed by atoms with Gasteiger partial charge in [0.15, 0.2) is 0 Å². The van der Waals surface area contributed by atoms with Gasteiger partial charge in [-0.3, -0.25) is 19.7 Å². The molecular weight excluding hydrogens is 408 g/mol. The van der Waals surface area contributed by atoms with E-state index in [1.54, 1.807) is 54.6 Å². The highest BCUT2D eigenvalue weighted by atomic mass is 35.5. The van der Waals surface area contributed by atoms with Crippen LogP contribution in [0.4, 0.5) is 22.7 Å². The van der Waals surface area contributed by atoms with Crippen LogP contribution in [-0.2, 0) is 4.79 Å². The lowest BCUT2D eigenvalue weighted by molar-refractivity contribution is -0.384. The van der Waals surface area contributed by atoms with E-state index < -0.39 is 10.8 Å². The molecule has 8 nitrogen and oxygen atoms in total. The first-order valence-electron chi connectivity index (χ1n) is 8.86. The number of nitrogens with one attached hydrogen (secondary N) is 3. The zero-order valence-corrected chi connectivity index (χ0v) is 16.3. The van der Waals surface area contributed by atoms with Crippen molar-refractivity contribution in [3.8, 4) is 0 Å². The van der Waals surface area contributed by atoms with Crippen molar-refractivity contribution in [2.45, 2.75) is 0 Å². The van der Waals surface area contributed by atoms with Crippen LogP contribution in [0.5, 0.6) is 0 Å². The number of anilines is 3. The molecule has 0 spiro atoms. The number of nitrogens with zero attached hydrogens (tertiary/aromatic N) is 1. The molecule has 9 heteroatoms. The number of benzene rings is 3. The second kappa shape index (κ2) is 9.53. The maximum atomic E-state index is 12.6. The maximum absolute atomic E-state index is 12.6. The quantitative estimate of drug-likeness (QED) is 0.380. The van der Waals surface area contributed by atoms with E-state index in [1.807, 2.05) is 0 Å². The van der Waals surface area contributed by atoms with Crippen LogP contribution in [0.15, 0.2) is 72.8 Å². The number of non-ortho nitro benzene ring substituents is 1. The lowest BCUT2D eigenvalue weighted by Gasteiger charge is -2.12. The highest BCUT2D eigenvalue weighted by Crippen LogP contribution is 2.20. The van der Waals surface area contributed by atoms with Crippen molar-refractivity contribution in [2.75, 3.05) is 22.5 Å². The molecule has 0 aliphatic rings. The Morgan fingerprint density at radius 3 is 2.37 bits per heavy atom. The van der Waals surface area contributed by atoms with E-state index in [1.165, 1.54) is 18.2 Å². The molecule has 3 aromatic rings. The average molecular weight is 425 g/mol. The molecular formula is C21H17ClN4O4. The van der Waals surface area contributed by atoms with Gasteiger partial charge in [0, 0.05) is 34.2 Å². The van der Waals surface area contributed by atoms with Crippen molar-refractivity contribution in [3.63, 3.8) is 0 Å². The summed E-state index contributed by atoms with van der Waals surface area (Å²) in [7, 11) is 0. The Morgan fingerprint density at radius 1 is 0.900 bits per heavy atom. The van der Waals surface area contributed by atoms with Crippen molar-refractivity contribution in [2.24, 2.45) is 0 Å². The van der Waals surface area contributed by atoms with E-state index in [-0.39, 0.29) is 18.1 Å². The van der Waals surface area contributed by atoms with E-state index >= 15 is 0 Å². The topological polar surface area (TPSA) is 113 Å². The summed E-state index contributed by atoms with van der Waals surface area (Å²) < 4.78 is 0. The van der Waals surface area contributed by atoms with E-state index in [2.05, 4.69) is 16.0 Å². The molecule has 3 N–H and O–H groups in total. The number of hydrogen-bond donors (Lipinski definition) is 3. The van der Waals surface area contributed by atoms with E-state index in [9.17, 15) is 19.7 Å². The lowest BCUT2D eigenvalue weighted by Crippen LogP contribution is -2.23. The zero-order chi connectivity index (χ0) is 21.5. The Balaban J connectivity index is 1.63. The molecule has 0 aliphatic carbocycles. The number of nitro benzene ring substituents is 1. The molecule has 0 fully saturated rings. The molecule has 152 valence electrons. The monoisotopic (exact) mass is 424 g/mol. The predicted molar refractivity (Wildman–Crippen MR) is 116 cm³/mol. The number of rotatable bonds is 7. The van der Waals surface area contributed by atoms with Gasteiger partial charge >= 0.3 is 0 Å². The zero-order valence-electron chi connectivity index (χ0n) is 15.6. The lowest BCUT2D eigenvalue weighted by atomic mass is 10.1. The molecule has 0 radical (unpaired) electrons. The molecule has 3 rings (SSSR count). The van der Waals surface area contributed by atoms with Crippen molar-refractivity contribution in [3.05, 3.63) is 93.5 Å². The fourth-order valence-electron chi connectivity index (χ4n) is 2.64. The van der Waals surface area contributed by atoms with E-state index in [0.29, 0.717) is 27.6 Å². The average Bonchev–Trinajstić information content (AvgIpc) is 2.74. The Labute approximate surface area is 177 Å². The van der Waals surface area contributed by atoms with Gasteiger partial charge in [0.25, 0.3) is 11.6 Å². The highest BCUT2D eigenvalue weighted by Gasteiger charge is 2.13. The summed E-state index contributed by atoms with van der Waals surface area (Å²) in [6.07, 6.45) is 0. The summed E-state index contributed by atoms with van der Waals surface area (Å²) in [6.45, 7) is -0.131. The highest BCUT2D eigenvalue weighted by molar-refractivity contribution is 6.30. The van der Waals surface area contributed by atoms with Gasteiger partial charge in [-0.05, 0) is 42.5 Å². The Morgan fingerprint density at radius 2 is 1.63 bits per heavy atom. The third-order valence-electron chi connectivity index (χ3n) is 4.05. The number of amides is 2. The number of para-hydroxylation sites is 1. The summed E-state index contributed by atoms with van der Waals surface area (Å²) >= 11 is 5.85. The first kappa shape index (κ1) is 20.8. The number of halogens is 1. The fraction of sp³-hybridized carbons (Fsp3) is 0.0476. The van der Waals surface area contributed by atoms with E-state index in [0.717, 1.165) is 0 Å². The normalized spacial score (nSPS) is 10.2. The largest absolute Gasteiger partial charge is 0.376 e. The van der Waals surface area contributed by atoms with Crippen LogP contribution in [0.3, 0.4) is 0 Å². The van der Waals surface area contributed by atoms with Gasteiger partial charge in [-0.2, -0.15) is 0 Å². The van der Waals surface area contributed by atoms with Crippen LogP contribution in [0, 0.1) is 10.1 Å². The Bertz CT molecular complexity index is 1090. The molecule has 3 aromatic carbocycles. The van der Waals surface area contributed by atoms with Crippen LogP contribution in [0.1, 0.15) is 10.4 Å². The fourth-order valence-corrected chi connectivity index (χ4v) is 2.77.